The van der Waals surface area contributed by atoms with Gasteiger partial charge in [0.15, 0.2) is 0 Å². The van der Waals surface area contributed by atoms with Crippen molar-refractivity contribution in [3.05, 3.63) is 12.2 Å². The maximum absolute atomic E-state index is 11.9. The molecule has 0 aliphatic heterocycles. The molecule has 0 saturated heterocycles. The summed E-state index contributed by atoms with van der Waals surface area (Å²) in [6, 6.07) is 0.0469. The van der Waals surface area contributed by atoms with Crippen molar-refractivity contribution < 1.29 is 14.3 Å². The lowest BCUT2D eigenvalue weighted by Gasteiger charge is -2.32. The summed E-state index contributed by atoms with van der Waals surface area (Å²) in [5.74, 6) is 0.860. The van der Waals surface area contributed by atoms with Gasteiger partial charge in [0.25, 0.3) is 0 Å². The molecule has 1 amide bonds. The number of amides is 1. The predicted octanol–water partition coefficient (Wildman–Crippen LogP) is 2.29. The van der Waals surface area contributed by atoms with E-state index in [2.05, 4.69) is 17.5 Å². The predicted molar refractivity (Wildman–Crippen MR) is 68.1 cm³/mol. The van der Waals surface area contributed by atoms with E-state index in [0.29, 0.717) is 5.92 Å². The first-order valence-corrected chi connectivity index (χ1v) is 6.56. The quantitative estimate of drug-likeness (QED) is 0.780. The smallest absolute Gasteiger partial charge is 0.407 e. The average Bonchev–Trinajstić information content (AvgIpc) is 2.85. The fourth-order valence-corrected chi connectivity index (χ4v) is 3.10. The number of carbonyl (C=O) groups excluding carboxylic acids is 2. The molecule has 1 N–H and O–H groups in total. The number of nitrogens with one attached hydrogen (secondary N) is 1. The highest BCUT2D eigenvalue weighted by atomic mass is 16.5. The van der Waals surface area contributed by atoms with Crippen molar-refractivity contribution in [3.63, 3.8) is 0 Å². The van der Waals surface area contributed by atoms with Crippen molar-refractivity contribution in [3.8, 4) is 0 Å². The van der Waals surface area contributed by atoms with Crippen LogP contribution in [0.25, 0.3) is 0 Å². The van der Waals surface area contributed by atoms with Gasteiger partial charge in [-0.3, -0.25) is 4.79 Å². The molecule has 2 bridgehead atoms. The molecule has 0 heterocycles. The molecule has 1 saturated carbocycles. The Bertz CT molecular complexity index is 389. The molecule has 18 heavy (non-hydrogen) atoms. The topological polar surface area (TPSA) is 55.4 Å². The number of carbonyl (C=O) groups is 2. The Morgan fingerprint density at radius 2 is 2.17 bits per heavy atom. The van der Waals surface area contributed by atoms with Crippen LogP contribution in [0.3, 0.4) is 0 Å². The SMILES string of the molecule is CC(=O)[C@]1(COC(=O)NC(C)C)C[C@@H]2C=C[C@H]1C2. The molecule has 3 atom stereocenters. The molecule has 2 aliphatic rings. The standard InChI is InChI=1S/C14H21NO3/c1-9(2)15-13(17)18-8-14(10(3)16)7-11-4-5-12(14)6-11/h4-5,9,11-12H,6-8H2,1-3H3,(H,15,17)/t11-,12+,14-/m1/s1. The zero-order valence-electron chi connectivity index (χ0n) is 11.2. The molecule has 0 aromatic carbocycles. The lowest BCUT2D eigenvalue weighted by Crippen LogP contribution is -2.41. The third kappa shape index (κ3) is 2.28. The second-order valence-electron chi connectivity index (χ2n) is 5.78. The minimum absolute atomic E-state index is 0.0469. The summed E-state index contributed by atoms with van der Waals surface area (Å²) in [5.41, 5.74) is -0.478. The largest absolute Gasteiger partial charge is 0.448 e. The first-order chi connectivity index (χ1) is 8.44. The summed E-state index contributed by atoms with van der Waals surface area (Å²) in [7, 11) is 0. The van der Waals surface area contributed by atoms with Crippen LogP contribution in [0.4, 0.5) is 4.79 Å². The second kappa shape index (κ2) is 4.75. The zero-order chi connectivity index (χ0) is 13.3. The Kier molecular flexibility index (Phi) is 3.46. The highest BCUT2D eigenvalue weighted by Crippen LogP contribution is 2.52. The van der Waals surface area contributed by atoms with E-state index in [4.69, 9.17) is 4.74 Å². The Labute approximate surface area is 108 Å². The molecule has 0 spiro atoms. The third-order valence-corrected chi connectivity index (χ3v) is 4.08. The van der Waals surface area contributed by atoms with Crippen LogP contribution in [0.2, 0.25) is 0 Å². The highest BCUT2D eigenvalue weighted by molar-refractivity contribution is 5.84. The number of ketones is 1. The summed E-state index contributed by atoms with van der Waals surface area (Å²) in [6.45, 7) is 5.56. The van der Waals surface area contributed by atoms with Crippen molar-refractivity contribution in [1.29, 1.82) is 0 Å². The van der Waals surface area contributed by atoms with Gasteiger partial charge in [-0.2, -0.15) is 0 Å². The maximum Gasteiger partial charge on any atom is 0.407 e. The van der Waals surface area contributed by atoms with Gasteiger partial charge in [-0.05, 0) is 45.4 Å². The van der Waals surface area contributed by atoms with Crippen LogP contribution in [0, 0.1) is 17.3 Å². The summed E-state index contributed by atoms with van der Waals surface area (Å²) >= 11 is 0. The van der Waals surface area contributed by atoms with Crippen LogP contribution < -0.4 is 5.32 Å². The maximum atomic E-state index is 11.9. The lowest BCUT2D eigenvalue weighted by atomic mass is 9.73. The number of Topliss-reactive ketones (excluding diaryl/α,β-unsaturated/α-hetero) is 1. The van der Waals surface area contributed by atoms with E-state index >= 15 is 0 Å². The van der Waals surface area contributed by atoms with Gasteiger partial charge < -0.3 is 10.1 Å². The Hall–Kier alpha value is -1.32. The molecule has 0 unspecified atom stereocenters. The van der Waals surface area contributed by atoms with E-state index in [1.807, 2.05) is 13.8 Å². The van der Waals surface area contributed by atoms with Gasteiger partial charge in [0.05, 0.1) is 5.41 Å². The van der Waals surface area contributed by atoms with E-state index in [1.54, 1.807) is 6.92 Å². The highest BCUT2D eigenvalue weighted by Gasteiger charge is 2.52. The zero-order valence-corrected chi connectivity index (χ0v) is 11.2. The second-order valence-corrected chi connectivity index (χ2v) is 5.78. The van der Waals surface area contributed by atoms with E-state index in [-0.39, 0.29) is 24.3 Å². The van der Waals surface area contributed by atoms with E-state index in [9.17, 15) is 9.59 Å². The van der Waals surface area contributed by atoms with E-state index in [1.165, 1.54) is 0 Å². The molecule has 2 aliphatic carbocycles. The molecule has 4 nitrogen and oxygen atoms in total. The molecule has 0 aromatic rings. The Morgan fingerprint density at radius 3 is 2.61 bits per heavy atom. The first-order valence-electron chi connectivity index (χ1n) is 6.56. The van der Waals surface area contributed by atoms with E-state index in [0.717, 1.165) is 12.8 Å². The van der Waals surface area contributed by atoms with Gasteiger partial charge in [-0.1, -0.05) is 12.2 Å². The molecular formula is C14H21NO3. The van der Waals surface area contributed by atoms with Gasteiger partial charge >= 0.3 is 6.09 Å². The lowest BCUT2D eigenvalue weighted by molar-refractivity contribution is -0.130. The minimum atomic E-state index is -0.478. The van der Waals surface area contributed by atoms with Crippen LogP contribution in [0.5, 0.6) is 0 Å². The van der Waals surface area contributed by atoms with Crippen molar-refractivity contribution in [1.82, 2.24) is 5.32 Å². The first kappa shape index (κ1) is 13.1. The van der Waals surface area contributed by atoms with Crippen molar-refractivity contribution >= 4 is 11.9 Å². The Balaban J connectivity index is 1.99. The van der Waals surface area contributed by atoms with Gasteiger partial charge in [-0.15, -0.1) is 0 Å². The number of hydrogen-bond acceptors (Lipinski definition) is 3. The third-order valence-electron chi connectivity index (χ3n) is 4.08. The minimum Gasteiger partial charge on any atom is -0.448 e. The van der Waals surface area contributed by atoms with Gasteiger partial charge in [0.1, 0.15) is 12.4 Å². The fraction of sp³-hybridized carbons (Fsp3) is 0.714. The Morgan fingerprint density at radius 1 is 1.44 bits per heavy atom. The number of alkyl carbamates (subject to hydrolysis) is 1. The van der Waals surface area contributed by atoms with Crippen molar-refractivity contribution in [2.45, 2.75) is 39.7 Å². The van der Waals surface area contributed by atoms with Crippen LogP contribution in [0.15, 0.2) is 12.2 Å². The van der Waals surface area contributed by atoms with Crippen molar-refractivity contribution in [2.24, 2.45) is 17.3 Å². The molecule has 0 aromatic heterocycles. The number of allylic oxidation sites excluding steroid dienone is 2. The summed E-state index contributed by atoms with van der Waals surface area (Å²) in [5, 5.41) is 2.68. The fourth-order valence-electron chi connectivity index (χ4n) is 3.10. The molecule has 2 rings (SSSR count). The number of rotatable bonds is 4. The van der Waals surface area contributed by atoms with Crippen LogP contribution in [0.1, 0.15) is 33.6 Å². The van der Waals surface area contributed by atoms with Crippen molar-refractivity contribution in [2.75, 3.05) is 6.61 Å². The molecular weight excluding hydrogens is 230 g/mol. The summed E-state index contributed by atoms with van der Waals surface area (Å²) in [6.07, 6.45) is 5.70. The summed E-state index contributed by atoms with van der Waals surface area (Å²) < 4.78 is 5.25. The number of ether oxygens (including phenoxy) is 1. The molecule has 0 radical (unpaired) electrons. The average molecular weight is 251 g/mol. The molecule has 100 valence electrons. The van der Waals surface area contributed by atoms with Crippen LogP contribution in [-0.2, 0) is 9.53 Å². The van der Waals surface area contributed by atoms with Gasteiger partial charge in [0.2, 0.25) is 0 Å². The van der Waals surface area contributed by atoms with Crippen LogP contribution >= 0.6 is 0 Å². The van der Waals surface area contributed by atoms with Gasteiger partial charge in [-0.25, -0.2) is 4.79 Å². The molecule has 4 heteroatoms. The van der Waals surface area contributed by atoms with E-state index < -0.39 is 11.5 Å². The molecule has 1 fully saturated rings. The monoisotopic (exact) mass is 251 g/mol. The summed E-state index contributed by atoms with van der Waals surface area (Å²) in [4.78, 5) is 23.5. The van der Waals surface area contributed by atoms with Gasteiger partial charge in [0, 0.05) is 6.04 Å². The number of fused-ring (bicyclic) bond motifs is 2. The van der Waals surface area contributed by atoms with Crippen LogP contribution in [-0.4, -0.2) is 24.5 Å². The number of hydrogen-bond donors (Lipinski definition) is 1. The normalized spacial score (nSPS) is 32.9.